The summed E-state index contributed by atoms with van der Waals surface area (Å²) in [4.78, 5) is 11.6. The number of hydrogen-bond donors (Lipinski definition) is 2. The van der Waals surface area contributed by atoms with Crippen LogP contribution in [0.25, 0.3) is 0 Å². The highest BCUT2D eigenvalue weighted by Crippen LogP contribution is 2.23. The van der Waals surface area contributed by atoms with Gasteiger partial charge in [0.05, 0.1) is 13.2 Å². The Hall–Kier alpha value is -1.75. The number of anilines is 1. The summed E-state index contributed by atoms with van der Waals surface area (Å²) in [6.07, 6.45) is 0. The van der Waals surface area contributed by atoms with Gasteiger partial charge < -0.3 is 14.9 Å². The molecule has 0 radical (unpaired) electrons. The van der Waals surface area contributed by atoms with Crippen LogP contribution in [0.3, 0.4) is 0 Å². The first-order valence-corrected chi connectivity index (χ1v) is 5.13. The maximum absolute atomic E-state index is 11.6. The molecule has 16 heavy (non-hydrogen) atoms. The quantitative estimate of drug-likeness (QED) is 0.451. The van der Waals surface area contributed by atoms with Crippen molar-refractivity contribution in [3.8, 4) is 5.75 Å². The van der Waals surface area contributed by atoms with Crippen LogP contribution in [0.15, 0.2) is 18.2 Å². The van der Waals surface area contributed by atoms with E-state index < -0.39 is 5.97 Å². The number of ether oxygens (including phenoxy) is 2. The summed E-state index contributed by atoms with van der Waals surface area (Å²) in [6, 6.07) is 5.02. The van der Waals surface area contributed by atoms with E-state index in [1.165, 1.54) is 0 Å². The van der Waals surface area contributed by atoms with Crippen LogP contribution in [0.5, 0.6) is 5.75 Å². The SMILES string of the molecule is CCOC(=O)c1cc(NN)ccc1OCC. The number of esters is 1. The van der Waals surface area contributed by atoms with Gasteiger partial charge in [0, 0.05) is 5.69 Å². The van der Waals surface area contributed by atoms with Gasteiger partial charge in [0.2, 0.25) is 0 Å². The molecule has 88 valence electrons. The first kappa shape index (κ1) is 12.3. The zero-order valence-corrected chi connectivity index (χ0v) is 9.45. The van der Waals surface area contributed by atoms with Crippen molar-refractivity contribution in [3.05, 3.63) is 23.8 Å². The van der Waals surface area contributed by atoms with Crippen LogP contribution in [-0.2, 0) is 4.74 Å². The highest BCUT2D eigenvalue weighted by molar-refractivity contribution is 5.93. The number of carbonyl (C=O) groups is 1. The lowest BCUT2D eigenvalue weighted by molar-refractivity contribution is 0.0522. The van der Waals surface area contributed by atoms with Gasteiger partial charge in [0.25, 0.3) is 0 Å². The molecule has 0 atom stereocenters. The van der Waals surface area contributed by atoms with Gasteiger partial charge in [0.1, 0.15) is 11.3 Å². The fraction of sp³-hybridized carbons (Fsp3) is 0.364. The maximum Gasteiger partial charge on any atom is 0.341 e. The summed E-state index contributed by atoms with van der Waals surface area (Å²) in [5.74, 6) is 5.36. The van der Waals surface area contributed by atoms with E-state index in [0.717, 1.165) is 0 Å². The predicted octanol–water partition coefficient (Wildman–Crippen LogP) is 1.55. The minimum absolute atomic E-state index is 0.324. The number of nitrogen functional groups attached to an aromatic ring is 1. The van der Waals surface area contributed by atoms with E-state index in [9.17, 15) is 4.79 Å². The fourth-order valence-corrected chi connectivity index (χ4v) is 1.27. The third kappa shape index (κ3) is 2.87. The van der Waals surface area contributed by atoms with Gasteiger partial charge in [-0.3, -0.25) is 5.84 Å². The third-order valence-electron chi connectivity index (χ3n) is 1.94. The first-order valence-electron chi connectivity index (χ1n) is 5.13. The molecule has 0 amide bonds. The minimum atomic E-state index is -0.414. The number of benzene rings is 1. The molecular weight excluding hydrogens is 208 g/mol. The molecule has 0 aliphatic rings. The molecule has 1 rings (SSSR count). The normalized spacial score (nSPS) is 9.69. The smallest absolute Gasteiger partial charge is 0.341 e. The summed E-state index contributed by atoms with van der Waals surface area (Å²) < 4.78 is 10.3. The Balaban J connectivity index is 3.04. The average Bonchev–Trinajstić information content (AvgIpc) is 2.30. The second-order valence-corrected chi connectivity index (χ2v) is 3.01. The van der Waals surface area contributed by atoms with E-state index in [1.54, 1.807) is 25.1 Å². The van der Waals surface area contributed by atoms with Crippen molar-refractivity contribution in [2.75, 3.05) is 18.6 Å². The summed E-state index contributed by atoms with van der Waals surface area (Å²) in [6.45, 7) is 4.42. The van der Waals surface area contributed by atoms with E-state index >= 15 is 0 Å². The summed E-state index contributed by atoms with van der Waals surface area (Å²) in [5, 5.41) is 0. The summed E-state index contributed by atoms with van der Waals surface area (Å²) >= 11 is 0. The lowest BCUT2D eigenvalue weighted by Gasteiger charge is -2.10. The molecule has 0 saturated carbocycles. The lowest BCUT2D eigenvalue weighted by atomic mass is 10.2. The summed E-state index contributed by atoms with van der Waals surface area (Å²) in [5.41, 5.74) is 3.48. The topological polar surface area (TPSA) is 73.6 Å². The Morgan fingerprint density at radius 2 is 2.12 bits per heavy atom. The van der Waals surface area contributed by atoms with Crippen molar-refractivity contribution in [3.63, 3.8) is 0 Å². The predicted molar refractivity (Wildman–Crippen MR) is 61.4 cm³/mol. The minimum Gasteiger partial charge on any atom is -0.493 e. The molecule has 0 heterocycles. The van der Waals surface area contributed by atoms with Crippen molar-refractivity contribution in [2.45, 2.75) is 13.8 Å². The number of nitrogens with one attached hydrogen (secondary N) is 1. The summed E-state index contributed by atoms with van der Waals surface area (Å²) in [7, 11) is 0. The molecule has 0 saturated heterocycles. The van der Waals surface area contributed by atoms with Gasteiger partial charge in [0.15, 0.2) is 0 Å². The molecule has 0 aromatic heterocycles. The second kappa shape index (κ2) is 5.97. The van der Waals surface area contributed by atoms with Crippen LogP contribution in [0.4, 0.5) is 5.69 Å². The first-order chi connectivity index (χ1) is 7.72. The molecule has 5 heteroatoms. The average molecular weight is 224 g/mol. The molecule has 1 aromatic rings. The number of nitrogens with two attached hydrogens (primary N) is 1. The largest absolute Gasteiger partial charge is 0.493 e. The van der Waals surface area contributed by atoms with Crippen LogP contribution < -0.4 is 16.0 Å². The zero-order chi connectivity index (χ0) is 12.0. The van der Waals surface area contributed by atoms with Crippen LogP contribution in [0.1, 0.15) is 24.2 Å². The van der Waals surface area contributed by atoms with E-state index in [0.29, 0.717) is 30.2 Å². The molecule has 5 nitrogen and oxygen atoms in total. The molecule has 3 N–H and O–H groups in total. The van der Waals surface area contributed by atoms with Gasteiger partial charge in [-0.15, -0.1) is 0 Å². The van der Waals surface area contributed by atoms with Crippen LogP contribution in [0.2, 0.25) is 0 Å². The molecular formula is C11H16N2O3. The molecule has 0 bridgehead atoms. The van der Waals surface area contributed by atoms with Crippen LogP contribution in [0, 0.1) is 0 Å². The number of hydrogen-bond acceptors (Lipinski definition) is 5. The standard InChI is InChI=1S/C11H16N2O3/c1-3-15-10-6-5-8(13-12)7-9(10)11(14)16-4-2/h5-7,13H,3-4,12H2,1-2H3. The van der Waals surface area contributed by atoms with E-state index in [4.69, 9.17) is 15.3 Å². The van der Waals surface area contributed by atoms with Crippen molar-refractivity contribution in [1.29, 1.82) is 0 Å². The van der Waals surface area contributed by atoms with Gasteiger partial charge in [-0.05, 0) is 32.0 Å². The Morgan fingerprint density at radius 1 is 1.38 bits per heavy atom. The molecule has 0 aliphatic heterocycles. The van der Waals surface area contributed by atoms with Gasteiger partial charge >= 0.3 is 5.97 Å². The number of hydrazine groups is 1. The molecule has 0 aliphatic carbocycles. The highest BCUT2D eigenvalue weighted by Gasteiger charge is 2.14. The Labute approximate surface area is 94.5 Å². The Morgan fingerprint density at radius 3 is 2.69 bits per heavy atom. The van der Waals surface area contributed by atoms with Crippen molar-refractivity contribution >= 4 is 11.7 Å². The Kier molecular flexibility index (Phi) is 4.60. The fourth-order valence-electron chi connectivity index (χ4n) is 1.27. The number of carbonyl (C=O) groups excluding carboxylic acids is 1. The van der Waals surface area contributed by atoms with Gasteiger partial charge in [-0.2, -0.15) is 0 Å². The van der Waals surface area contributed by atoms with Crippen molar-refractivity contribution in [2.24, 2.45) is 5.84 Å². The molecule has 0 spiro atoms. The van der Waals surface area contributed by atoms with Crippen molar-refractivity contribution in [1.82, 2.24) is 0 Å². The van der Waals surface area contributed by atoms with Crippen LogP contribution >= 0.6 is 0 Å². The van der Waals surface area contributed by atoms with Gasteiger partial charge in [-0.1, -0.05) is 0 Å². The van der Waals surface area contributed by atoms with E-state index in [1.807, 2.05) is 6.92 Å². The van der Waals surface area contributed by atoms with Gasteiger partial charge in [-0.25, -0.2) is 4.79 Å². The highest BCUT2D eigenvalue weighted by atomic mass is 16.5. The maximum atomic E-state index is 11.6. The van der Waals surface area contributed by atoms with Crippen LogP contribution in [-0.4, -0.2) is 19.2 Å². The van der Waals surface area contributed by atoms with Crippen molar-refractivity contribution < 1.29 is 14.3 Å². The second-order valence-electron chi connectivity index (χ2n) is 3.01. The van der Waals surface area contributed by atoms with E-state index in [2.05, 4.69) is 5.43 Å². The Bertz CT molecular complexity index is 366. The lowest BCUT2D eigenvalue weighted by Crippen LogP contribution is -2.11. The molecule has 1 aromatic carbocycles. The van der Waals surface area contributed by atoms with E-state index in [-0.39, 0.29) is 0 Å². The third-order valence-corrected chi connectivity index (χ3v) is 1.94. The number of rotatable bonds is 5. The monoisotopic (exact) mass is 224 g/mol. The molecule has 0 fully saturated rings. The molecule has 0 unspecified atom stereocenters. The zero-order valence-electron chi connectivity index (χ0n) is 9.45.